The molecule has 244 valence electrons. The monoisotopic (exact) mass is 646 g/mol. The molecule has 0 atom stereocenters. The van der Waals surface area contributed by atoms with Gasteiger partial charge >= 0.3 is 11.9 Å². The third kappa shape index (κ3) is 7.79. The number of carbonyl (C=O) groups is 4. The van der Waals surface area contributed by atoms with Crippen molar-refractivity contribution < 1.29 is 38.1 Å². The number of rotatable bonds is 14. The van der Waals surface area contributed by atoms with Crippen LogP contribution in [0.2, 0.25) is 0 Å². The Balaban J connectivity index is 1.32. The molecule has 2 N–H and O–H groups in total. The molecule has 10 heteroatoms. The maximum absolute atomic E-state index is 13.9. The maximum Gasteiger partial charge on any atom is 0.333 e. The zero-order chi connectivity index (χ0) is 34.2. The van der Waals surface area contributed by atoms with E-state index >= 15 is 0 Å². The Morgan fingerprint density at radius 2 is 0.938 bits per heavy atom. The summed E-state index contributed by atoms with van der Waals surface area (Å²) >= 11 is 0. The molecule has 4 aromatic carbocycles. The van der Waals surface area contributed by atoms with Gasteiger partial charge < -0.3 is 29.6 Å². The van der Waals surface area contributed by atoms with Crippen molar-refractivity contribution >= 4 is 46.3 Å². The van der Waals surface area contributed by atoms with E-state index in [4.69, 9.17) is 18.9 Å². The van der Waals surface area contributed by atoms with Crippen molar-refractivity contribution in [1.29, 1.82) is 0 Å². The number of ketones is 2. The molecule has 0 aliphatic heterocycles. The molecule has 0 spiro atoms. The summed E-state index contributed by atoms with van der Waals surface area (Å²) in [7, 11) is 0. The summed E-state index contributed by atoms with van der Waals surface area (Å²) in [5.74, 6) is -0.359. The second-order valence-corrected chi connectivity index (χ2v) is 10.9. The summed E-state index contributed by atoms with van der Waals surface area (Å²) in [6.07, 6.45) is 0. The first kappa shape index (κ1) is 33.2. The van der Waals surface area contributed by atoms with Crippen molar-refractivity contribution in [3.8, 4) is 11.5 Å². The van der Waals surface area contributed by atoms with Gasteiger partial charge in [0.05, 0.1) is 22.5 Å². The minimum atomic E-state index is -0.474. The Labute approximate surface area is 278 Å². The van der Waals surface area contributed by atoms with Crippen LogP contribution < -0.4 is 20.1 Å². The number of nitrogens with one attached hydrogen (secondary N) is 2. The van der Waals surface area contributed by atoms with E-state index in [0.717, 1.165) is 0 Å². The standard InChI is InChI=1S/C38H34N2O8/c1-23(2)37(43)47-21-19-45-27-13-9-25(10-14-27)39-31-17-18-32(34-33(31)35(41)29-7-5-6-8-30(29)36(34)42)40-26-11-15-28(16-12-26)46-20-22-48-38(44)24(3)4/h5-18,39-40H,1,3,19-22H2,2,4H3. The number of carbonyl (C=O) groups excluding carboxylic acids is 4. The summed E-state index contributed by atoms with van der Waals surface area (Å²) in [4.78, 5) is 50.8. The van der Waals surface area contributed by atoms with Crippen LogP contribution >= 0.6 is 0 Å². The quantitative estimate of drug-likeness (QED) is 0.0743. The highest BCUT2D eigenvalue weighted by Gasteiger charge is 2.34. The summed E-state index contributed by atoms with van der Waals surface area (Å²) < 4.78 is 21.4. The van der Waals surface area contributed by atoms with Gasteiger partial charge in [-0.3, -0.25) is 9.59 Å². The van der Waals surface area contributed by atoms with Crippen LogP contribution in [0.3, 0.4) is 0 Å². The molecule has 5 rings (SSSR count). The first-order valence-electron chi connectivity index (χ1n) is 15.1. The van der Waals surface area contributed by atoms with E-state index in [1.165, 1.54) is 0 Å². The number of esters is 2. The Kier molecular flexibility index (Phi) is 10.3. The molecular formula is C38H34N2O8. The van der Waals surface area contributed by atoms with E-state index in [1.807, 2.05) is 0 Å². The van der Waals surface area contributed by atoms with Gasteiger partial charge in [0.25, 0.3) is 0 Å². The Hall–Kier alpha value is -6.16. The molecule has 0 saturated heterocycles. The van der Waals surface area contributed by atoms with Gasteiger partial charge in [-0.05, 0) is 74.5 Å². The van der Waals surface area contributed by atoms with Crippen LogP contribution in [0.25, 0.3) is 0 Å². The van der Waals surface area contributed by atoms with Gasteiger partial charge in [-0.1, -0.05) is 37.4 Å². The summed E-state index contributed by atoms with van der Waals surface area (Å²) in [5.41, 5.74) is 4.10. The molecule has 1 aliphatic carbocycles. The number of anilines is 4. The molecular weight excluding hydrogens is 612 g/mol. The molecule has 0 aromatic heterocycles. The Morgan fingerprint density at radius 3 is 1.29 bits per heavy atom. The second-order valence-electron chi connectivity index (χ2n) is 10.9. The van der Waals surface area contributed by atoms with Crippen LogP contribution in [-0.2, 0) is 19.1 Å². The number of benzene rings is 4. The molecule has 0 bridgehead atoms. The minimum Gasteiger partial charge on any atom is -0.490 e. The topological polar surface area (TPSA) is 129 Å². The molecule has 0 fully saturated rings. The average molecular weight is 647 g/mol. The molecule has 0 heterocycles. The van der Waals surface area contributed by atoms with Gasteiger partial charge in [0, 0.05) is 33.6 Å². The van der Waals surface area contributed by atoms with Crippen molar-refractivity contribution in [2.24, 2.45) is 0 Å². The summed E-state index contributed by atoms with van der Waals surface area (Å²) in [6, 6.07) is 24.4. The van der Waals surface area contributed by atoms with Crippen molar-refractivity contribution in [2.45, 2.75) is 13.8 Å². The van der Waals surface area contributed by atoms with Crippen LogP contribution in [0.4, 0.5) is 22.7 Å². The van der Waals surface area contributed by atoms with Gasteiger partial charge in [0.1, 0.15) is 37.9 Å². The smallest absolute Gasteiger partial charge is 0.333 e. The number of hydrogen-bond donors (Lipinski definition) is 2. The lowest BCUT2D eigenvalue weighted by Gasteiger charge is -2.24. The predicted molar refractivity (Wildman–Crippen MR) is 182 cm³/mol. The van der Waals surface area contributed by atoms with E-state index in [1.54, 1.807) is 98.8 Å². The van der Waals surface area contributed by atoms with E-state index in [2.05, 4.69) is 23.8 Å². The molecule has 48 heavy (non-hydrogen) atoms. The van der Waals surface area contributed by atoms with Crippen molar-refractivity contribution in [2.75, 3.05) is 37.1 Å². The lowest BCUT2D eigenvalue weighted by atomic mass is 9.82. The highest BCUT2D eigenvalue weighted by atomic mass is 16.6. The molecule has 0 unspecified atom stereocenters. The normalized spacial score (nSPS) is 11.5. The van der Waals surface area contributed by atoms with Gasteiger partial charge in [-0.2, -0.15) is 0 Å². The molecule has 0 amide bonds. The largest absolute Gasteiger partial charge is 0.490 e. The van der Waals surface area contributed by atoms with Crippen molar-refractivity contribution in [1.82, 2.24) is 0 Å². The fraction of sp³-hybridized carbons (Fsp3) is 0.158. The van der Waals surface area contributed by atoms with Crippen molar-refractivity contribution in [3.05, 3.63) is 131 Å². The Bertz CT molecular complexity index is 1760. The van der Waals surface area contributed by atoms with Gasteiger partial charge in [-0.15, -0.1) is 0 Å². The first-order chi connectivity index (χ1) is 23.1. The zero-order valence-corrected chi connectivity index (χ0v) is 26.6. The SMILES string of the molecule is C=C(C)C(=O)OCCOc1ccc(Nc2ccc(Nc3ccc(OCCOC(=O)C(=C)C)cc3)c3c2C(=O)c2ccccc2C3=O)cc1. The lowest BCUT2D eigenvalue weighted by Crippen LogP contribution is -2.23. The van der Waals surface area contributed by atoms with Crippen LogP contribution in [0.5, 0.6) is 11.5 Å². The summed E-state index contributed by atoms with van der Waals surface area (Å²) in [6.45, 7) is 10.8. The van der Waals surface area contributed by atoms with Gasteiger partial charge in [-0.25, -0.2) is 9.59 Å². The Morgan fingerprint density at radius 1 is 0.562 bits per heavy atom. The summed E-state index contributed by atoms with van der Waals surface area (Å²) in [5, 5.41) is 6.57. The average Bonchev–Trinajstić information content (AvgIpc) is 3.09. The third-order valence-corrected chi connectivity index (χ3v) is 7.21. The van der Waals surface area contributed by atoms with Crippen LogP contribution in [0, 0.1) is 0 Å². The third-order valence-electron chi connectivity index (χ3n) is 7.21. The van der Waals surface area contributed by atoms with E-state index < -0.39 is 11.9 Å². The van der Waals surface area contributed by atoms with Gasteiger partial charge in [0.15, 0.2) is 11.6 Å². The lowest BCUT2D eigenvalue weighted by molar-refractivity contribution is -0.140. The fourth-order valence-electron chi connectivity index (χ4n) is 4.85. The molecule has 10 nitrogen and oxygen atoms in total. The minimum absolute atomic E-state index is 0.0858. The van der Waals surface area contributed by atoms with E-state index in [-0.39, 0.29) is 49.1 Å². The fourth-order valence-corrected chi connectivity index (χ4v) is 4.85. The second kappa shape index (κ2) is 15.0. The number of fused-ring (bicyclic) bond motifs is 2. The number of ether oxygens (including phenoxy) is 4. The van der Waals surface area contributed by atoms with Crippen molar-refractivity contribution in [3.63, 3.8) is 0 Å². The molecule has 1 aliphatic rings. The first-order valence-corrected chi connectivity index (χ1v) is 15.1. The van der Waals surface area contributed by atoms with Gasteiger partial charge in [0.2, 0.25) is 0 Å². The van der Waals surface area contributed by atoms with E-state index in [9.17, 15) is 19.2 Å². The van der Waals surface area contributed by atoms with E-state index in [0.29, 0.717) is 56.5 Å². The zero-order valence-electron chi connectivity index (χ0n) is 26.6. The molecule has 4 aromatic rings. The van der Waals surface area contributed by atoms with Crippen LogP contribution in [-0.4, -0.2) is 49.9 Å². The molecule has 0 radical (unpaired) electrons. The van der Waals surface area contributed by atoms with Crippen LogP contribution in [0.1, 0.15) is 45.7 Å². The van der Waals surface area contributed by atoms with Crippen LogP contribution in [0.15, 0.2) is 109 Å². The highest BCUT2D eigenvalue weighted by molar-refractivity contribution is 6.32. The predicted octanol–water partition coefficient (Wildman–Crippen LogP) is 6.95. The molecule has 0 saturated carbocycles. The number of hydrogen-bond acceptors (Lipinski definition) is 10. The maximum atomic E-state index is 13.9. The highest BCUT2D eigenvalue weighted by Crippen LogP contribution is 2.39.